The van der Waals surface area contributed by atoms with E-state index < -0.39 is 11.5 Å². The third-order valence-electron chi connectivity index (χ3n) is 4.12. The van der Waals surface area contributed by atoms with Gasteiger partial charge in [0.25, 0.3) is 5.91 Å². The van der Waals surface area contributed by atoms with Crippen LogP contribution in [-0.4, -0.2) is 42.8 Å². The Kier molecular flexibility index (Phi) is 5.98. The van der Waals surface area contributed by atoms with E-state index in [2.05, 4.69) is 5.32 Å². The summed E-state index contributed by atoms with van der Waals surface area (Å²) in [5, 5.41) is 12.3. The number of methoxy groups -OCH3 is 1. The molecule has 0 aliphatic heterocycles. The first-order valence-electron chi connectivity index (χ1n) is 7.85. The second-order valence-corrected chi connectivity index (χ2v) is 5.77. The Balaban J connectivity index is 2.07. The zero-order valence-corrected chi connectivity index (χ0v) is 13.3. The topological polar surface area (TPSA) is 84.9 Å². The molecule has 126 valence electrons. The normalized spacial score (nSPS) is 16.6. The van der Waals surface area contributed by atoms with Gasteiger partial charge < -0.3 is 19.9 Å². The molecule has 1 aliphatic carbocycles. The summed E-state index contributed by atoms with van der Waals surface area (Å²) in [6.45, 7) is 0.846. The zero-order valence-electron chi connectivity index (χ0n) is 13.3. The molecule has 2 rings (SSSR count). The Bertz CT molecular complexity index is 552. The number of rotatable bonds is 7. The lowest BCUT2D eigenvalue weighted by Gasteiger charge is -2.34. The van der Waals surface area contributed by atoms with Crippen molar-refractivity contribution in [3.05, 3.63) is 29.8 Å². The van der Waals surface area contributed by atoms with Crippen LogP contribution < -0.4 is 10.1 Å². The molecule has 1 aliphatic rings. The van der Waals surface area contributed by atoms with Gasteiger partial charge in [-0.15, -0.1) is 0 Å². The number of amides is 1. The number of hydrogen-bond acceptors (Lipinski definition) is 4. The minimum atomic E-state index is -1.15. The van der Waals surface area contributed by atoms with Gasteiger partial charge in [-0.05, 0) is 31.0 Å². The van der Waals surface area contributed by atoms with Gasteiger partial charge in [0.15, 0.2) is 0 Å². The Morgan fingerprint density at radius 1 is 1.22 bits per heavy atom. The third kappa shape index (κ3) is 4.45. The number of hydrogen-bond donors (Lipinski definition) is 2. The summed E-state index contributed by atoms with van der Waals surface area (Å²) in [7, 11) is 1.59. The Morgan fingerprint density at radius 3 is 2.61 bits per heavy atom. The van der Waals surface area contributed by atoms with Gasteiger partial charge in [-0.2, -0.15) is 0 Å². The van der Waals surface area contributed by atoms with Gasteiger partial charge >= 0.3 is 5.97 Å². The standard InChI is InChI=1S/C17H23NO5/c1-22-10-11-23-14-7-5-6-13(12-14)15(19)18-17(16(20)21)8-3-2-4-9-17/h5-7,12H,2-4,8-11H2,1H3,(H,18,19)(H,20,21). The molecule has 6 nitrogen and oxygen atoms in total. The lowest BCUT2D eigenvalue weighted by Crippen LogP contribution is -2.55. The molecule has 0 saturated heterocycles. The fourth-order valence-corrected chi connectivity index (χ4v) is 2.81. The number of benzene rings is 1. The molecule has 0 spiro atoms. The van der Waals surface area contributed by atoms with Crippen LogP contribution in [0.25, 0.3) is 0 Å². The van der Waals surface area contributed by atoms with Crippen LogP contribution in [0.15, 0.2) is 24.3 Å². The molecular weight excluding hydrogens is 298 g/mol. The van der Waals surface area contributed by atoms with E-state index in [0.29, 0.717) is 37.4 Å². The molecule has 1 fully saturated rings. The van der Waals surface area contributed by atoms with Crippen LogP contribution >= 0.6 is 0 Å². The number of carboxylic acids is 1. The van der Waals surface area contributed by atoms with Crippen molar-refractivity contribution in [1.29, 1.82) is 0 Å². The Morgan fingerprint density at radius 2 is 1.96 bits per heavy atom. The smallest absolute Gasteiger partial charge is 0.329 e. The van der Waals surface area contributed by atoms with Crippen molar-refractivity contribution >= 4 is 11.9 Å². The summed E-state index contributed by atoms with van der Waals surface area (Å²) < 4.78 is 10.4. The molecule has 2 N–H and O–H groups in total. The van der Waals surface area contributed by atoms with Crippen LogP contribution in [0, 0.1) is 0 Å². The summed E-state index contributed by atoms with van der Waals surface area (Å²) in [6, 6.07) is 6.73. The second kappa shape index (κ2) is 7.97. The molecule has 1 aromatic carbocycles. The van der Waals surface area contributed by atoms with Crippen molar-refractivity contribution in [2.24, 2.45) is 0 Å². The zero-order chi connectivity index (χ0) is 16.7. The van der Waals surface area contributed by atoms with Crippen LogP contribution in [0.4, 0.5) is 0 Å². The molecule has 0 radical (unpaired) electrons. The van der Waals surface area contributed by atoms with Crippen molar-refractivity contribution in [2.45, 2.75) is 37.6 Å². The van der Waals surface area contributed by atoms with Gasteiger partial charge in [-0.3, -0.25) is 4.79 Å². The molecule has 0 heterocycles. The fraction of sp³-hybridized carbons (Fsp3) is 0.529. The molecule has 0 aromatic heterocycles. The van der Waals surface area contributed by atoms with E-state index >= 15 is 0 Å². The summed E-state index contributed by atoms with van der Waals surface area (Å²) in [6.07, 6.45) is 3.57. The van der Waals surface area contributed by atoms with Gasteiger partial charge in [0.1, 0.15) is 17.9 Å². The van der Waals surface area contributed by atoms with E-state index in [-0.39, 0.29) is 5.91 Å². The maximum atomic E-state index is 12.5. The number of nitrogens with one attached hydrogen (secondary N) is 1. The predicted molar refractivity (Wildman–Crippen MR) is 84.7 cm³/mol. The highest BCUT2D eigenvalue weighted by Gasteiger charge is 2.41. The lowest BCUT2D eigenvalue weighted by atomic mass is 9.81. The van der Waals surface area contributed by atoms with Crippen LogP contribution in [0.3, 0.4) is 0 Å². The summed E-state index contributed by atoms with van der Waals surface area (Å²) in [5.41, 5.74) is -0.756. The highest BCUT2D eigenvalue weighted by atomic mass is 16.5. The number of carboxylic acid groups (broad SMARTS) is 1. The van der Waals surface area contributed by atoms with E-state index in [0.717, 1.165) is 19.3 Å². The fourth-order valence-electron chi connectivity index (χ4n) is 2.81. The van der Waals surface area contributed by atoms with E-state index in [4.69, 9.17) is 9.47 Å². The highest BCUT2D eigenvalue weighted by Crippen LogP contribution is 2.29. The Labute approximate surface area is 135 Å². The van der Waals surface area contributed by atoms with Crippen molar-refractivity contribution in [2.75, 3.05) is 20.3 Å². The van der Waals surface area contributed by atoms with E-state index in [9.17, 15) is 14.7 Å². The molecule has 0 bridgehead atoms. The second-order valence-electron chi connectivity index (χ2n) is 5.77. The first-order valence-corrected chi connectivity index (χ1v) is 7.85. The van der Waals surface area contributed by atoms with E-state index in [1.165, 1.54) is 0 Å². The van der Waals surface area contributed by atoms with Crippen LogP contribution in [0.5, 0.6) is 5.75 Å². The van der Waals surface area contributed by atoms with Crippen LogP contribution in [0.1, 0.15) is 42.5 Å². The number of carbonyl (C=O) groups excluding carboxylic acids is 1. The minimum absolute atomic E-state index is 0.383. The molecule has 1 aromatic rings. The number of carbonyl (C=O) groups is 2. The summed E-state index contributed by atoms with van der Waals surface area (Å²) in [5.74, 6) is -0.785. The van der Waals surface area contributed by atoms with Crippen molar-refractivity contribution in [3.63, 3.8) is 0 Å². The highest BCUT2D eigenvalue weighted by molar-refractivity contribution is 5.98. The Hall–Kier alpha value is -2.08. The van der Waals surface area contributed by atoms with E-state index in [1.807, 2.05) is 0 Å². The molecule has 6 heteroatoms. The summed E-state index contributed by atoms with van der Waals surface area (Å²) >= 11 is 0. The van der Waals surface area contributed by atoms with Gasteiger partial charge in [0.05, 0.1) is 6.61 Å². The maximum Gasteiger partial charge on any atom is 0.329 e. The van der Waals surface area contributed by atoms with Crippen molar-refractivity contribution in [1.82, 2.24) is 5.32 Å². The summed E-state index contributed by atoms with van der Waals surface area (Å²) in [4.78, 5) is 24.1. The van der Waals surface area contributed by atoms with Crippen molar-refractivity contribution in [3.8, 4) is 5.75 Å². The molecule has 1 saturated carbocycles. The molecular formula is C17H23NO5. The largest absolute Gasteiger partial charge is 0.491 e. The van der Waals surface area contributed by atoms with Crippen molar-refractivity contribution < 1.29 is 24.2 Å². The third-order valence-corrected chi connectivity index (χ3v) is 4.12. The SMILES string of the molecule is COCCOc1cccc(C(=O)NC2(C(=O)O)CCCCC2)c1. The monoisotopic (exact) mass is 321 g/mol. The first-order chi connectivity index (χ1) is 11.1. The molecule has 0 unspecified atom stereocenters. The van der Waals surface area contributed by atoms with Gasteiger partial charge in [0, 0.05) is 12.7 Å². The van der Waals surface area contributed by atoms with Crippen LogP contribution in [-0.2, 0) is 9.53 Å². The maximum absolute atomic E-state index is 12.5. The first kappa shape index (κ1) is 17.3. The van der Waals surface area contributed by atoms with Gasteiger partial charge in [-0.1, -0.05) is 25.3 Å². The molecule has 0 atom stereocenters. The van der Waals surface area contributed by atoms with Gasteiger partial charge in [-0.25, -0.2) is 4.79 Å². The van der Waals surface area contributed by atoms with Gasteiger partial charge in [0.2, 0.25) is 0 Å². The predicted octanol–water partition coefficient (Wildman–Crippen LogP) is 2.23. The molecule has 1 amide bonds. The minimum Gasteiger partial charge on any atom is -0.491 e. The average molecular weight is 321 g/mol. The van der Waals surface area contributed by atoms with E-state index in [1.54, 1.807) is 31.4 Å². The average Bonchev–Trinajstić information content (AvgIpc) is 2.56. The number of ether oxygens (including phenoxy) is 2. The number of aliphatic carboxylic acids is 1. The quantitative estimate of drug-likeness (QED) is 0.752. The van der Waals surface area contributed by atoms with Crippen LogP contribution in [0.2, 0.25) is 0 Å². The lowest BCUT2D eigenvalue weighted by molar-refractivity contribution is -0.145. The molecule has 23 heavy (non-hydrogen) atoms.